The van der Waals surface area contributed by atoms with Gasteiger partial charge in [0.05, 0.1) is 7.11 Å². The Hall–Kier alpha value is -3.75. The second-order valence-corrected chi connectivity index (χ2v) is 8.31. The molecule has 2 atom stereocenters. The van der Waals surface area contributed by atoms with E-state index in [2.05, 4.69) is 10.6 Å². The van der Waals surface area contributed by atoms with E-state index in [4.69, 9.17) is 14.2 Å². The first kappa shape index (κ1) is 22.4. The molecule has 0 saturated carbocycles. The second kappa shape index (κ2) is 9.01. The van der Waals surface area contributed by atoms with Crippen LogP contribution in [-0.4, -0.2) is 54.6 Å². The van der Waals surface area contributed by atoms with Gasteiger partial charge in [0.2, 0.25) is 5.91 Å². The van der Waals surface area contributed by atoms with E-state index < -0.39 is 29.4 Å². The number of amides is 4. The van der Waals surface area contributed by atoms with Crippen LogP contribution in [-0.2, 0) is 16.0 Å². The average molecular weight is 453 g/mol. The molecule has 33 heavy (non-hydrogen) atoms. The zero-order valence-electron chi connectivity index (χ0n) is 18.8. The van der Waals surface area contributed by atoms with Crippen molar-refractivity contribution in [3.8, 4) is 17.2 Å². The summed E-state index contributed by atoms with van der Waals surface area (Å²) in [5.74, 6) is 0.987. The number of benzene rings is 2. The molecule has 174 valence electrons. The third-order valence-corrected chi connectivity index (χ3v) is 5.94. The van der Waals surface area contributed by atoms with Crippen molar-refractivity contribution < 1.29 is 28.6 Å². The van der Waals surface area contributed by atoms with Gasteiger partial charge in [-0.25, -0.2) is 9.69 Å². The molecule has 4 rings (SSSR count). The predicted octanol–water partition coefficient (Wildman–Crippen LogP) is 2.74. The first-order chi connectivity index (χ1) is 15.8. The number of rotatable bonds is 7. The highest BCUT2D eigenvalue weighted by Crippen LogP contribution is 2.33. The molecule has 1 saturated heterocycles. The van der Waals surface area contributed by atoms with E-state index in [0.717, 1.165) is 16.2 Å². The lowest BCUT2D eigenvalue weighted by Gasteiger charge is -2.24. The number of carbonyl (C=O) groups is 3. The fourth-order valence-electron chi connectivity index (χ4n) is 3.90. The Morgan fingerprint density at radius 1 is 1.15 bits per heavy atom. The van der Waals surface area contributed by atoms with Crippen molar-refractivity contribution in [3.05, 3.63) is 48.0 Å². The van der Waals surface area contributed by atoms with E-state index in [9.17, 15) is 14.4 Å². The summed E-state index contributed by atoms with van der Waals surface area (Å²) in [6.07, 6.45) is 0.981. The van der Waals surface area contributed by atoms with Gasteiger partial charge in [-0.05, 0) is 56.5 Å². The molecule has 9 heteroatoms. The van der Waals surface area contributed by atoms with Gasteiger partial charge in [0.1, 0.15) is 30.5 Å². The molecular formula is C24H27N3O6. The Bertz CT molecular complexity index is 1070. The summed E-state index contributed by atoms with van der Waals surface area (Å²) < 4.78 is 16.2. The average Bonchev–Trinajstić information content (AvgIpc) is 3.05. The summed E-state index contributed by atoms with van der Waals surface area (Å²) in [7, 11) is 1.60. The molecule has 4 amide bonds. The molecule has 2 aliphatic heterocycles. The minimum atomic E-state index is -1.09. The van der Waals surface area contributed by atoms with E-state index in [1.807, 2.05) is 24.3 Å². The molecule has 0 aliphatic carbocycles. The number of aryl methyl sites for hydroxylation is 1. The standard InChI is InChI=1S/C24H27N3O6/c1-15(21(28)25-17-6-9-19-20(14-17)33-13-12-32-19)27-22(29)24(2,26-23(27)30)11-10-16-4-7-18(31-3)8-5-16/h4-9,14-15H,10-13H2,1-3H3,(H,25,28)(H,26,30). The zero-order valence-corrected chi connectivity index (χ0v) is 18.8. The van der Waals surface area contributed by atoms with Crippen LogP contribution in [0.5, 0.6) is 17.2 Å². The van der Waals surface area contributed by atoms with Crippen molar-refractivity contribution in [2.45, 2.75) is 38.3 Å². The molecular weight excluding hydrogens is 426 g/mol. The third kappa shape index (κ3) is 4.57. The molecule has 2 aliphatic rings. The number of urea groups is 1. The number of carbonyl (C=O) groups excluding carboxylic acids is 3. The molecule has 0 aromatic heterocycles. The van der Waals surface area contributed by atoms with Gasteiger partial charge >= 0.3 is 6.03 Å². The van der Waals surface area contributed by atoms with Crippen LogP contribution < -0.4 is 24.8 Å². The quantitative estimate of drug-likeness (QED) is 0.625. The lowest BCUT2D eigenvalue weighted by atomic mass is 9.93. The molecule has 1 fully saturated rings. The summed E-state index contributed by atoms with van der Waals surface area (Å²) in [5, 5.41) is 5.51. The molecule has 0 bridgehead atoms. The van der Waals surface area contributed by atoms with Crippen molar-refractivity contribution in [1.82, 2.24) is 10.2 Å². The van der Waals surface area contributed by atoms with Gasteiger partial charge in [-0.1, -0.05) is 12.1 Å². The van der Waals surface area contributed by atoms with Crippen LogP contribution in [0.2, 0.25) is 0 Å². The highest BCUT2D eigenvalue weighted by atomic mass is 16.6. The monoisotopic (exact) mass is 453 g/mol. The largest absolute Gasteiger partial charge is 0.497 e. The van der Waals surface area contributed by atoms with Gasteiger partial charge in [-0.3, -0.25) is 9.59 Å². The van der Waals surface area contributed by atoms with Crippen LogP contribution in [0.3, 0.4) is 0 Å². The lowest BCUT2D eigenvalue weighted by molar-refractivity contribution is -0.136. The maximum absolute atomic E-state index is 13.2. The summed E-state index contributed by atoms with van der Waals surface area (Å²) in [4.78, 5) is 39.6. The molecule has 0 radical (unpaired) electrons. The SMILES string of the molecule is COc1ccc(CCC2(C)NC(=O)N(C(C)C(=O)Nc3ccc4c(c3)OCCO4)C2=O)cc1. The van der Waals surface area contributed by atoms with Crippen LogP contribution in [0.4, 0.5) is 10.5 Å². The zero-order chi connectivity index (χ0) is 23.6. The molecule has 2 aromatic rings. The van der Waals surface area contributed by atoms with Crippen LogP contribution in [0, 0.1) is 0 Å². The Morgan fingerprint density at radius 3 is 2.55 bits per heavy atom. The minimum absolute atomic E-state index is 0.400. The Kier molecular flexibility index (Phi) is 6.13. The van der Waals surface area contributed by atoms with Crippen molar-refractivity contribution in [3.63, 3.8) is 0 Å². The van der Waals surface area contributed by atoms with Crippen molar-refractivity contribution >= 4 is 23.5 Å². The van der Waals surface area contributed by atoms with Crippen LogP contribution in [0.25, 0.3) is 0 Å². The minimum Gasteiger partial charge on any atom is -0.497 e. The molecule has 2 heterocycles. The summed E-state index contributed by atoms with van der Waals surface area (Å²) in [5.41, 5.74) is 0.412. The number of nitrogens with one attached hydrogen (secondary N) is 2. The Labute approximate surface area is 192 Å². The van der Waals surface area contributed by atoms with Crippen molar-refractivity contribution in [2.24, 2.45) is 0 Å². The maximum atomic E-state index is 13.2. The highest BCUT2D eigenvalue weighted by Gasteiger charge is 2.50. The number of hydrogen-bond acceptors (Lipinski definition) is 6. The Balaban J connectivity index is 1.40. The topological polar surface area (TPSA) is 106 Å². The number of imide groups is 1. The first-order valence-electron chi connectivity index (χ1n) is 10.8. The molecule has 2 aromatic carbocycles. The van der Waals surface area contributed by atoms with Gasteiger partial charge in [0.25, 0.3) is 5.91 Å². The number of anilines is 1. The van der Waals surface area contributed by atoms with E-state index in [1.165, 1.54) is 6.92 Å². The lowest BCUT2D eigenvalue weighted by Crippen LogP contribution is -2.48. The first-order valence-corrected chi connectivity index (χ1v) is 10.8. The predicted molar refractivity (Wildman–Crippen MR) is 121 cm³/mol. The summed E-state index contributed by atoms with van der Waals surface area (Å²) in [6.45, 7) is 4.11. The molecule has 9 nitrogen and oxygen atoms in total. The Morgan fingerprint density at radius 2 is 1.85 bits per heavy atom. The number of ether oxygens (including phenoxy) is 3. The second-order valence-electron chi connectivity index (χ2n) is 8.31. The number of nitrogens with zero attached hydrogens (tertiary/aromatic N) is 1. The highest BCUT2D eigenvalue weighted by molar-refractivity contribution is 6.11. The van der Waals surface area contributed by atoms with Gasteiger partial charge in [0, 0.05) is 11.8 Å². The van der Waals surface area contributed by atoms with E-state index in [-0.39, 0.29) is 0 Å². The third-order valence-electron chi connectivity index (χ3n) is 5.94. The fraction of sp³-hybridized carbons (Fsp3) is 0.375. The smallest absolute Gasteiger partial charge is 0.325 e. The number of methoxy groups -OCH3 is 1. The number of fused-ring (bicyclic) bond motifs is 1. The normalized spacial score (nSPS) is 20.3. The van der Waals surface area contributed by atoms with Crippen LogP contribution >= 0.6 is 0 Å². The molecule has 2 N–H and O–H groups in total. The molecule has 0 spiro atoms. The summed E-state index contributed by atoms with van der Waals surface area (Å²) in [6, 6.07) is 11.0. The van der Waals surface area contributed by atoms with Crippen molar-refractivity contribution in [2.75, 3.05) is 25.6 Å². The van der Waals surface area contributed by atoms with Gasteiger partial charge < -0.3 is 24.8 Å². The van der Waals surface area contributed by atoms with Crippen LogP contribution in [0.1, 0.15) is 25.8 Å². The van der Waals surface area contributed by atoms with Gasteiger partial charge in [-0.15, -0.1) is 0 Å². The maximum Gasteiger partial charge on any atom is 0.325 e. The van der Waals surface area contributed by atoms with E-state index in [0.29, 0.717) is 43.2 Å². The van der Waals surface area contributed by atoms with Crippen molar-refractivity contribution in [1.29, 1.82) is 0 Å². The van der Waals surface area contributed by atoms with E-state index in [1.54, 1.807) is 32.2 Å². The summed E-state index contributed by atoms with van der Waals surface area (Å²) >= 11 is 0. The van der Waals surface area contributed by atoms with Crippen LogP contribution in [0.15, 0.2) is 42.5 Å². The molecule has 2 unspecified atom stereocenters. The van der Waals surface area contributed by atoms with Gasteiger partial charge in [0.15, 0.2) is 11.5 Å². The fourth-order valence-corrected chi connectivity index (χ4v) is 3.90. The number of hydrogen-bond donors (Lipinski definition) is 2. The van der Waals surface area contributed by atoms with Gasteiger partial charge in [-0.2, -0.15) is 0 Å². The van der Waals surface area contributed by atoms with E-state index >= 15 is 0 Å².